The fraction of sp³-hybridized carbons (Fsp3) is 0.522. The number of fused-ring (bicyclic) bond motifs is 4. The molecule has 0 amide bonds. The Bertz CT molecular complexity index is 1270. The highest BCUT2D eigenvalue weighted by Crippen LogP contribution is 2.51. The van der Waals surface area contributed by atoms with Crippen LogP contribution >= 0.6 is 0 Å². The largest absolute Gasteiger partial charge is 0.481 e. The molecule has 2 bridgehead atoms. The molecule has 0 aliphatic heterocycles. The quantitative estimate of drug-likeness (QED) is 0.539. The number of halogens is 2. The summed E-state index contributed by atoms with van der Waals surface area (Å²) in [4.78, 5) is 25.0. The van der Waals surface area contributed by atoms with Crippen LogP contribution in [0.3, 0.4) is 0 Å². The lowest BCUT2D eigenvalue weighted by molar-refractivity contribution is -0.152. The summed E-state index contributed by atoms with van der Waals surface area (Å²) in [7, 11) is 0. The second-order valence-electron chi connectivity index (χ2n) is 9.84. The number of carboxylic acids is 1. The van der Waals surface area contributed by atoms with E-state index in [4.69, 9.17) is 5.73 Å². The van der Waals surface area contributed by atoms with Gasteiger partial charge in [-0.1, -0.05) is 0 Å². The summed E-state index contributed by atoms with van der Waals surface area (Å²) in [6.07, 6.45) is 6.22. The van der Waals surface area contributed by atoms with E-state index in [0.29, 0.717) is 29.6 Å². The van der Waals surface area contributed by atoms with Crippen molar-refractivity contribution in [2.45, 2.75) is 50.5 Å². The first kappa shape index (κ1) is 20.6. The van der Waals surface area contributed by atoms with Crippen LogP contribution in [0.2, 0.25) is 0 Å². The summed E-state index contributed by atoms with van der Waals surface area (Å²) in [6, 6.07) is 1.28. The van der Waals surface area contributed by atoms with Gasteiger partial charge in [0.05, 0.1) is 28.7 Å². The topological polar surface area (TPSA) is 131 Å². The molecule has 0 unspecified atom stereocenters. The van der Waals surface area contributed by atoms with Crippen molar-refractivity contribution in [1.82, 2.24) is 25.1 Å². The number of rotatable bonds is 5. The van der Waals surface area contributed by atoms with Crippen molar-refractivity contribution in [3.05, 3.63) is 35.3 Å². The van der Waals surface area contributed by atoms with E-state index in [1.165, 1.54) is 6.07 Å². The van der Waals surface area contributed by atoms with Gasteiger partial charge in [-0.2, -0.15) is 5.10 Å². The normalized spacial score (nSPS) is 27.7. The van der Waals surface area contributed by atoms with Gasteiger partial charge in [0.25, 0.3) is 0 Å². The van der Waals surface area contributed by atoms with Crippen LogP contribution in [-0.4, -0.2) is 36.2 Å². The monoisotopic (exact) mass is 454 g/mol. The first-order chi connectivity index (χ1) is 15.8. The van der Waals surface area contributed by atoms with Crippen LogP contribution in [0.25, 0.3) is 22.6 Å². The molecule has 3 aromatic heterocycles. The van der Waals surface area contributed by atoms with Crippen molar-refractivity contribution in [1.29, 1.82) is 0 Å². The van der Waals surface area contributed by atoms with Crippen molar-refractivity contribution in [3.8, 4) is 11.5 Å². The Morgan fingerprint density at radius 1 is 1.18 bits per heavy atom. The van der Waals surface area contributed by atoms with Gasteiger partial charge in [-0.3, -0.25) is 9.89 Å². The Labute approximate surface area is 188 Å². The summed E-state index contributed by atoms with van der Waals surface area (Å²) >= 11 is 0. The number of hydrogen-bond acceptors (Lipinski definition) is 6. The first-order valence-electron chi connectivity index (χ1n) is 11.4. The SMILES string of the molecule is NC1(c2nc(-c3[nH]nc4ncc(F)cc34)nc(C[C@H]3C4CCC(CC4)[C@@H]3C(=O)O)c2F)CC1. The molecule has 3 aromatic rings. The van der Waals surface area contributed by atoms with Crippen LogP contribution in [0.4, 0.5) is 8.78 Å². The number of hydrogen-bond donors (Lipinski definition) is 3. The zero-order chi connectivity index (χ0) is 22.9. The maximum atomic E-state index is 15.7. The van der Waals surface area contributed by atoms with Crippen molar-refractivity contribution in [2.75, 3.05) is 0 Å². The minimum absolute atomic E-state index is 0.122. The molecular formula is C23H24F2N6O2. The highest BCUT2D eigenvalue weighted by atomic mass is 19.1. The molecule has 0 aromatic carbocycles. The molecule has 3 heterocycles. The third-order valence-corrected chi connectivity index (χ3v) is 7.89. The molecule has 4 N–H and O–H groups in total. The van der Waals surface area contributed by atoms with E-state index in [9.17, 15) is 14.3 Å². The van der Waals surface area contributed by atoms with E-state index in [-0.39, 0.29) is 41.4 Å². The molecule has 0 radical (unpaired) electrons. The van der Waals surface area contributed by atoms with Crippen LogP contribution in [0.5, 0.6) is 0 Å². The number of nitrogens with one attached hydrogen (secondary N) is 1. The van der Waals surface area contributed by atoms with E-state index in [1.807, 2.05) is 0 Å². The number of nitrogens with zero attached hydrogens (tertiary/aromatic N) is 4. The van der Waals surface area contributed by atoms with E-state index >= 15 is 4.39 Å². The van der Waals surface area contributed by atoms with Gasteiger partial charge in [-0.05, 0) is 68.8 Å². The Hall–Kier alpha value is -3.01. The van der Waals surface area contributed by atoms with Crippen molar-refractivity contribution in [2.24, 2.45) is 29.4 Å². The third kappa shape index (κ3) is 3.30. The van der Waals surface area contributed by atoms with Crippen LogP contribution < -0.4 is 5.73 Å². The molecule has 0 spiro atoms. The standard InChI is InChI=1S/C23H24F2N6O2/c24-12-7-14-18(30-31-20(14)27-9-12)21-28-15(17(25)19(29-21)23(26)5-6-23)8-13-10-1-3-11(4-2-10)16(13)22(32)33/h7,9-11,13,16H,1-6,8,26H2,(H,32,33)(H,27,30,31)/t10?,11?,13-,16-/m0/s1. The molecule has 4 aliphatic rings. The van der Waals surface area contributed by atoms with Crippen molar-refractivity contribution >= 4 is 17.0 Å². The predicted molar refractivity (Wildman–Crippen MR) is 114 cm³/mol. The average molecular weight is 454 g/mol. The van der Waals surface area contributed by atoms with Gasteiger partial charge in [0.2, 0.25) is 0 Å². The molecule has 33 heavy (non-hydrogen) atoms. The Morgan fingerprint density at radius 2 is 1.91 bits per heavy atom. The van der Waals surface area contributed by atoms with Gasteiger partial charge in [0.1, 0.15) is 17.2 Å². The van der Waals surface area contributed by atoms with Gasteiger partial charge in [-0.25, -0.2) is 23.7 Å². The van der Waals surface area contributed by atoms with E-state index in [2.05, 4.69) is 25.1 Å². The minimum atomic E-state index is -0.867. The lowest BCUT2D eigenvalue weighted by atomic mass is 9.57. The number of carbonyl (C=O) groups is 1. The third-order valence-electron chi connectivity index (χ3n) is 7.89. The van der Waals surface area contributed by atoms with Crippen LogP contribution in [0, 0.1) is 35.3 Å². The second-order valence-corrected chi connectivity index (χ2v) is 9.84. The molecule has 2 atom stereocenters. The lowest BCUT2D eigenvalue weighted by Gasteiger charge is -2.46. The number of carboxylic acid groups (broad SMARTS) is 1. The van der Waals surface area contributed by atoms with Gasteiger partial charge < -0.3 is 10.8 Å². The van der Waals surface area contributed by atoms with Crippen molar-refractivity contribution in [3.63, 3.8) is 0 Å². The summed E-state index contributed by atoms with van der Waals surface area (Å²) in [5, 5.41) is 17.2. The molecule has 7 rings (SSSR count). The number of aliphatic carboxylic acids is 1. The van der Waals surface area contributed by atoms with Gasteiger partial charge >= 0.3 is 5.97 Å². The van der Waals surface area contributed by atoms with Gasteiger partial charge in [0, 0.05) is 0 Å². The number of aromatic nitrogens is 5. The number of nitrogens with two attached hydrogens (primary N) is 1. The minimum Gasteiger partial charge on any atom is -0.481 e. The fourth-order valence-corrected chi connectivity index (χ4v) is 5.96. The Morgan fingerprint density at radius 3 is 2.61 bits per heavy atom. The smallest absolute Gasteiger partial charge is 0.307 e. The highest BCUT2D eigenvalue weighted by Gasteiger charge is 2.49. The van der Waals surface area contributed by atoms with Crippen LogP contribution in [0.1, 0.15) is 49.9 Å². The van der Waals surface area contributed by atoms with Gasteiger partial charge in [-0.15, -0.1) is 0 Å². The van der Waals surface area contributed by atoms with E-state index in [1.54, 1.807) is 0 Å². The molecule has 8 nitrogen and oxygen atoms in total. The maximum Gasteiger partial charge on any atom is 0.307 e. The molecule has 10 heteroatoms. The van der Waals surface area contributed by atoms with E-state index < -0.39 is 29.1 Å². The second kappa shape index (κ2) is 7.24. The zero-order valence-corrected chi connectivity index (χ0v) is 17.9. The van der Waals surface area contributed by atoms with Crippen molar-refractivity contribution < 1.29 is 18.7 Å². The molecular weight excluding hydrogens is 430 g/mol. The molecule has 4 aliphatic carbocycles. The summed E-state index contributed by atoms with van der Waals surface area (Å²) < 4.78 is 29.5. The Kier molecular flexibility index (Phi) is 4.52. The van der Waals surface area contributed by atoms with Crippen LogP contribution in [-0.2, 0) is 16.8 Å². The molecule has 4 saturated carbocycles. The molecule has 172 valence electrons. The maximum absolute atomic E-state index is 15.7. The molecule has 0 saturated heterocycles. The zero-order valence-electron chi connectivity index (χ0n) is 17.9. The summed E-state index contributed by atoms with van der Waals surface area (Å²) in [5.74, 6) is -2.08. The molecule has 4 fully saturated rings. The number of aromatic amines is 1. The predicted octanol–water partition coefficient (Wildman–Crippen LogP) is 3.32. The van der Waals surface area contributed by atoms with Gasteiger partial charge in [0.15, 0.2) is 17.3 Å². The first-order valence-corrected chi connectivity index (χ1v) is 11.4. The van der Waals surface area contributed by atoms with E-state index in [0.717, 1.165) is 31.9 Å². The average Bonchev–Trinajstić information content (AvgIpc) is 3.41. The summed E-state index contributed by atoms with van der Waals surface area (Å²) in [5.41, 5.74) is 6.41. The summed E-state index contributed by atoms with van der Waals surface area (Å²) in [6.45, 7) is 0. The van der Waals surface area contributed by atoms with Crippen LogP contribution in [0.15, 0.2) is 12.3 Å². The fourth-order valence-electron chi connectivity index (χ4n) is 5.96. The highest BCUT2D eigenvalue weighted by molar-refractivity contribution is 5.88. The Balaban J connectivity index is 1.47. The number of H-pyrrole nitrogens is 1. The lowest BCUT2D eigenvalue weighted by Crippen LogP contribution is -2.45. The number of pyridine rings is 1.